The van der Waals surface area contributed by atoms with Crippen LogP contribution in [0.2, 0.25) is 0 Å². The van der Waals surface area contributed by atoms with Gasteiger partial charge in [0.15, 0.2) is 0 Å². The van der Waals surface area contributed by atoms with Gasteiger partial charge in [0.1, 0.15) is 17.2 Å². The third kappa shape index (κ3) is 3.46. The monoisotopic (exact) mass is 393 g/mol. The Labute approximate surface area is 167 Å². The Morgan fingerprint density at radius 2 is 1.82 bits per heavy atom. The van der Waals surface area contributed by atoms with Gasteiger partial charge < -0.3 is 19.6 Å². The van der Waals surface area contributed by atoms with Gasteiger partial charge in [-0.15, -0.1) is 11.3 Å². The highest BCUT2D eigenvalue weighted by molar-refractivity contribution is 7.24. The highest BCUT2D eigenvalue weighted by Gasteiger charge is 2.11. The number of hydrogen-bond acceptors (Lipinski definition) is 5. The van der Waals surface area contributed by atoms with Crippen LogP contribution in [0.15, 0.2) is 54.7 Å². The standard InChI is InChI=1S/C22H23N3O2S/c23-18-3-1-16(2-4-18)17-13-22-25(15-17)20-6-5-19(14-21(20)28-22)27-12-9-24-7-10-26-11-8-24/h1-6,13-15H,7-12,23H2. The summed E-state index contributed by atoms with van der Waals surface area (Å²) in [7, 11) is 0. The van der Waals surface area contributed by atoms with Gasteiger partial charge in [0.05, 0.1) is 23.4 Å². The zero-order valence-electron chi connectivity index (χ0n) is 15.6. The molecule has 2 N–H and O–H groups in total. The molecule has 0 saturated carbocycles. The van der Waals surface area contributed by atoms with Crippen molar-refractivity contribution in [3.63, 3.8) is 0 Å². The first-order valence-electron chi connectivity index (χ1n) is 9.60. The number of nitrogens with zero attached hydrogens (tertiary/aromatic N) is 2. The summed E-state index contributed by atoms with van der Waals surface area (Å²) in [5.41, 5.74) is 10.2. The van der Waals surface area contributed by atoms with Crippen molar-refractivity contribution in [2.24, 2.45) is 0 Å². The Morgan fingerprint density at radius 3 is 2.64 bits per heavy atom. The minimum absolute atomic E-state index is 0.705. The van der Waals surface area contributed by atoms with E-state index in [1.54, 1.807) is 11.3 Å². The number of nitrogen functional groups attached to an aromatic ring is 1. The number of anilines is 1. The Hall–Kier alpha value is -2.54. The number of aromatic nitrogens is 1. The second kappa shape index (κ2) is 7.47. The molecular formula is C22H23N3O2S. The van der Waals surface area contributed by atoms with Crippen LogP contribution in [0.4, 0.5) is 5.69 Å². The molecule has 5 rings (SSSR count). The summed E-state index contributed by atoms with van der Waals surface area (Å²) in [6.45, 7) is 5.29. The molecule has 1 aliphatic heterocycles. The highest BCUT2D eigenvalue weighted by Crippen LogP contribution is 2.34. The molecule has 1 aliphatic rings. The van der Waals surface area contributed by atoms with Crippen molar-refractivity contribution < 1.29 is 9.47 Å². The summed E-state index contributed by atoms with van der Waals surface area (Å²) in [4.78, 5) is 3.61. The summed E-state index contributed by atoms with van der Waals surface area (Å²) < 4.78 is 14.9. The molecule has 0 unspecified atom stereocenters. The normalized spacial score (nSPS) is 15.4. The Kier molecular flexibility index (Phi) is 4.68. The lowest BCUT2D eigenvalue weighted by molar-refractivity contribution is 0.0322. The molecule has 2 aromatic heterocycles. The van der Waals surface area contributed by atoms with E-state index in [1.807, 2.05) is 12.1 Å². The number of rotatable bonds is 5. The van der Waals surface area contributed by atoms with Crippen LogP contribution in [0, 0.1) is 0 Å². The smallest absolute Gasteiger partial charge is 0.120 e. The number of ether oxygens (including phenoxy) is 2. The predicted octanol–water partition coefficient (Wildman–Crippen LogP) is 4.11. The zero-order chi connectivity index (χ0) is 18.9. The average Bonchev–Trinajstić information content (AvgIpc) is 3.27. The van der Waals surface area contributed by atoms with E-state index in [0.717, 1.165) is 44.3 Å². The molecule has 3 heterocycles. The quantitative estimate of drug-likeness (QED) is 0.519. The van der Waals surface area contributed by atoms with Crippen LogP contribution in [0.25, 0.3) is 26.2 Å². The van der Waals surface area contributed by atoms with Gasteiger partial charge in [0.25, 0.3) is 0 Å². The van der Waals surface area contributed by atoms with Crippen molar-refractivity contribution in [1.29, 1.82) is 0 Å². The van der Waals surface area contributed by atoms with E-state index in [0.29, 0.717) is 6.61 Å². The van der Waals surface area contributed by atoms with Crippen LogP contribution in [-0.2, 0) is 4.74 Å². The third-order valence-electron chi connectivity index (χ3n) is 5.21. The molecule has 28 heavy (non-hydrogen) atoms. The van der Waals surface area contributed by atoms with Crippen LogP contribution < -0.4 is 10.5 Å². The maximum absolute atomic E-state index is 6.00. The lowest BCUT2D eigenvalue weighted by Gasteiger charge is -2.26. The second-order valence-electron chi connectivity index (χ2n) is 7.09. The Morgan fingerprint density at radius 1 is 1.00 bits per heavy atom. The molecule has 5 nitrogen and oxygen atoms in total. The molecule has 0 atom stereocenters. The van der Waals surface area contributed by atoms with Gasteiger partial charge in [-0.2, -0.15) is 0 Å². The summed E-state index contributed by atoms with van der Waals surface area (Å²) >= 11 is 1.79. The van der Waals surface area contributed by atoms with E-state index in [-0.39, 0.29) is 0 Å². The average molecular weight is 394 g/mol. The molecular weight excluding hydrogens is 370 g/mol. The minimum Gasteiger partial charge on any atom is -0.492 e. The molecule has 1 fully saturated rings. The number of morpholine rings is 1. The van der Waals surface area contributed by atoms with Gasteiger partial charge in [0.2, 0.25) is 0 Å². The molecule has 2 aromatic carbocycles. The fourth-order valence-corrected chi connectivity index (χ4v) is 4.74. The lowest BCUT2D eigenvalue weighted by Crippen LogP contribution is -2.38. The van der Waals surface area contributed by atoms with Gasteiger partial charge in [-0.05, 0) is 42.0 Å². The van der Waals surface area contributed by atoms with Gasteiger partial charge in [-0.3, -0.25) is 4.90 Å². The molecule has 144 valence electrons. The van der Waals surface area contributed by atoms with Crippen molar-refractivity contribution in [3.8, 4) is 16.9 Å². The van der Waals surface area contributed by atoms with Gasteiger partial charge >= 0.3 is 0 Å². The van der Waals surface area contributed by atoms with E-state index in [4.69, 9.17) is 15.2 Å². The van der Waals surface area contributed by atoms with E-state index < -0.39 is 0 Å². The third-order valence-corrected chi connectivity index (χ3v) is 6.28. The first kappa shape index (κ1) is 17.6. The largest absolute Gasteiger partial charge is 0.492 e. The van der Waals surface area contributed by atoms with Crippen molar-refractivity contribution >= 4 is 32.1 Å². The number of benzene rings is 2. The number of nitrogens with two attached hydrogens (primary N) is 1. The number of hydrogen-bond donors (Lipinski definition) is 1. The van der Waals surface area contributed by atoms with Crippen LogP contribution in [0.5, 0.6) is 5.75 Å². The maximum Gasteiger partial charge on any atom is 0.120 e. The van der Waals surface area contributed by atoms with Gasteiger partial charge in [-0.1, -0.05) is 12.1 Å². The van der Waals surface area contributed by atoms with E-state index in [1.165, 1.54) is 26.2 Å². The fourth-order valence-electron chi connectivity index (χ4n) is 3.64. The van der Waals surface area contributed by atoms with Gasteiger partial charge in [-0.25, -0.2) is 0 Å². The van der Waals surface area contributed by atoms with Crippen LogP contribution in [0.3, 0.4) is 0 Å². The summed E-state index contributed by atoms with van der Waals surface area (Å²) in [5.74, 6) is 0.934. The van der Waals surface area contributed by atoms with E-state index in [2.05, 4.69) is 51.9 Å². The minimum atomic E-state index is 0.705. The number of thiazole rings is 1. The molecule has 6 heteroatoms. The molecule has 4 aromatic rings. The van der Waals surface area contributed by atoms with E-state index in [9.17, 15) is 0 Å². The van der Waals surface area contributed by atoms with Crippen LogP contribution in [-0.4, -0.2) is 48.8 Å². The Balaban J connectivity index is 1.33. The predicted molar refractivity (Wildman–Crippen MR) is 115 cm³/mol. The second-order valence-corrected chi connectivity index (χ2v) is 8.16. The molecule has 0 radical (unpaired) electrons. The van der Waals surface area contributed by atoms with Gasteiger partial charge in [0, 0.05) is 37.1 Å². The van der Waals surface area contributed by atoms with Crippen LogP contribution in [0.1, 0.15) is 0 Å². The maximum atomic E-state index is 6.00. The van der Waals surface area contributed by atoms with E-state index >= 15 is 0 Å². The van der Waals surface area contributed by atoms with Crippen molar-refractivity contribution in [2.45, 2.75) is 0 Å². The molecule has 0 spiro atoms. The zero-order valence-corrected chi connectivity index (χ0v) is 16.5. The molecule has 0 aliphatic carbocycles. The first-order valence-corrected chi connectivity index (χ1v) is 10.4. The SMILES string of the molecule is Nc1ccc(-c2cc3sc4cc(OCCN5CCOCC5)ccc4n3c2)cc1. The first-order chi connectivity index (χ1) is 13.8. The van der Waals surface area contributed by atoms with Crippen LogP contribution >= 0.6 is 11.3 Å². The molecule has 0 bridgehead atoms. The lowest BCUT2D eigenvalue weighted by atomic mass is 10.1. The summed E-state index contributed by atoms with van der Waals surface area (Å²) in [5, 5.41) is 0. The summed E-state index contributed by atoms with van der Waals surface area (Å²) in [6.07, 6.45) is 2.19. The summed E-state index contributed by atoms with van der Waals surface area (Å²) in [6, 6.07) is 16.6. The topological polar surface area (TPSA) is 52.1 Å². The Bertz CT molecular complexity index is 1090. The molecule has 1 saturated heterocycles. The van der Waals surface area contributed by atoms with Crippen molar-refractivity contribution in [3.05, 3.63) is 54.7 Å². The molecule has 0 amide bonds. The van der Waals surface area contributed by atoms with Crippen molar-refractivity contribution in [1.82, 2.24) is 9.30 Å². The van der Waals surface area contributed by atoms with Crippen molar-refractivity contribution in [2.75, 3.05) is 45.2 Å². The highest BCUT2D eigenvalue weighted by atomic mass is 32.1. The fraction of sp³-hybridized carbons (Fsp3) is 0.273. The number of fused-ring (bicyclic) bond motifs is 3.